The maximum Gasteiger partial charge on any atom is 0.255 e. The molecule has 0 atom stereocenters. The average molecular weight is 420 g/mol. The van der Waals surface area contributed by atoms with E-state index in [1.54, 1.807) is 30.4 Å². The number of aromatic nitrogens is 1. The molecule has 0 bridgehead atoms. The third-order valence-electron chi connectivity index (χ3n) is 4.55. The molecule has 0 fully saturated rings. The summed E-state index contributed by atoms with van der Waals surface area (Å²) in [4.78, 5) is 17.6. The summed E-state index contributed by atoms with van der Waals surface area (Å²) in [6.07, 6.45) is 5.23. The number of anilines is 1. The molecule has 2 aromatic carbocycles. The van der Waals surface area contributed by atoms with E-state index in [1.165, 1.54) is 21.3 Å². The van der Waals surface area contributed by atoms with Crippen LogP contribution in [0, 0.1) is 0 Å². The zero-order valence-electron chi connectivity index (χ0n) is 17.9. The molecule has 3 aromatic rings. The molecule has 3 rings (SSSR count). The molecular formula is C24H24N2O5. The van der Waals surface area contributed by atoms with E-state index >= 15 is 0 Å². The quantitative estimate of drug-likeness (QED) is 0.631. The summed E-state index contributed by atoms with van der Waals surface area (Å²) in [6, 6.07) is 10.5. The number of nitrogens with one attached hydrogen (secondary N) is 1. The van der Waals surface area contributed by atoms with Gasteiger partial charge in [0.2, 0.25) is 11.6 Å². The van der Waals surface area contributed by atoms with E-state index < -0.39 is 0 Å². The van der Waals surface area contributed by atoms with Crippen molar-refractivity contribution in [3.63, 3.8) is 0 Å². The molecule has 0 saturated carbocycles. The van der Waals surface area contributed by atoms with Gasteiger partial charge in [-0.15, -0.1) is 0 Å². The van der Waals surface area contributed by atoms with Crippen molar-refractivity contribution in [3.8, 4) is 28.7 Å². The van der Waals surface area contributed by atoms with Gasteiger partial charge in [0.1, 0.15) is 5.35 Å². The van der Waals surface area contributed by atoms with Crippen LogP contribution in [0.3, 0.4) is 0 Å². The van der Waals surface area contributed by atoms with Crippen LogP contribution in [-0.2, 0) is 0 Å². The largest absolute Gasteiger partial charge is 0.493 e. The lowest BCUT2D eigenvalue weighted by Gasteiger charge is -2.14. The second-order valence-electron chi connectivity index (χ2n) is 6.37. The summed E-state index contributed by atoms with van der Waals surface area (Å²) >= 11 is 0. The van der Waals surface area contributed by atoms with Crippen molar-refractivity contribution in [2.24, 2.45) is 0 Å². The number of benzene rings is 2. The van der Waals surface area contributed by atoms with Gasteiger partial charge in [0.15, 0.2) is 16.9 Å². The maximum atomic E-state index is 13.0. The van der Waals surface area contributed by atoms with E-state index in [0.29, 0.717) is 50.7 Å². The highest BCUT2D eigenvalue weighted by atomic mass is 16.5. The molecule has 0 unspecified atom stereocenters. The Morgan fingerprint density at radius 1 is 1.10 bits per heavy atom. The molecule has 7 heteroatoms. The number of hydrogen-bond acceptors (Lipinski definition) is 6. The van der Waals surface area contributed by atoms with E-state index in [2.05, 4.69) is 16.9 Å². The molecule has 31 heavy (non-hydrogen) atoms. The minimum atomic E-state index is -0.349. The van der Waals surface area contributed by atoms with Gasteiger partial charge >= 0.3 is 0 Å². The highest BCUT2D eigenvalue weighted by Gasteiger charge is 2.19. The highest BCUT2D eigenvalue weighted by molar-refractivity contribution is 6.06. The Hall–Kier alpha value is -4.00. The lowest BCUT2D eigenvalue weighted by molar-refractivity contribution is 0.102. The first-order valence-corrected chi connectivity index (χ1v) is 9.53. The van der Waals surface area contributed by atoms with Crippen molar-refractivity contribution in [1.82, 2.24) is 4.98 Å². The number of ether oxygens (including phenoxy) is 3. The molecule has 7 nitrogen and oxygen atoms in total. The van der Waals surface area contributed by atoms with Gasteiger partial charge in [0, 0.05) is 5.56 Å². The van der Waals surface area contributed by atoms with Gasteiger partial charge in [-0.3, -0.25) is 4.79 Å². The highest BCUT2D eigenvalue weighted by Crippen LogP contribution is 2.38. The number of methoxy groups -OCH3 is 3. The standard InChI is InChI=1S/C24H24N2O5/c1-6-10-18-19(7-2)31-24(26-18)16-11-8-9-12-17(16)25-23(27)15-13-20(28-3)22(30-5)21(14-15)29-4/h6-14H,1H2,2-5H3,(H,25,27)/b18-10+,19-7+. The van der Waals surface area contributed by atoms with Crippen LogP contribution in [0.25, 0.3) is 23.6 Å². The Bertz CT molecular complexity index is 1200. The Labute approximate surface area is 180 Å². The van der Waals surface area contributed by atoms with Crippen LogP contribution in [-0.4, -0.2) is 32.2 Å². The number of para-hydroxylation sites is 1. The minimum Gasteiger partial charge on any atom is -0.493 e. The molecular weight excluding hydrogens is 396 g/mol. The monoisotopic (exact) mass is 420 g/mol. The second kappa shape index (κ2) is 9.67. The summed E-state index contributed by atoms with van der Waals surface area (Å²) in [5.41, 5.74) is 2.17. The smallest absolute Gasteiger partial charge is 0.255 e. The van der Waals surface area contributed by atoms with E-state index in [4.69, 9.17) is 18.6 Å². The second-order valence-corrected chi connectivity index (χ2v) is 6.37. The summed E-state index contributed by atoms with van der Waals surface area (Å²) in [5.74, 6) is 1.23. The zero-order valence-corrected chi connectivity index (χ0v) is 17.9. The van der Waals surface area contributed by atoms with E-state index in [1.807, 2.05) is 31.2 Å². The lowest BCUT2D eigenvalue weighted by Crippen LogP contribution is -2.20. The van der Waals surface area contributed by atoms with Gasteiger partial charge < -0.3 is 23.9 Å². The number of hydrogen-bond donors (Lipinski definition) is 1. The van der Waals surface area contributed by atoms with Gasteiger partial charge in [0.05, 0.1) is 32.6 Å². The number of rotatable bonds is 7. The van der Waals surface area contributed by atoms with E-state index in [-0.39, 0.29) is 5.91 Å². The number of allylic oxidation sites excluding steroid dienone is 1. The molecule has 1 N–H and O–H groups in total. The number of nitrogens with zero attached hydrogens (tertiary/aromatic N) is 1. The molecule has 0 radical (unpaired) electrons. The molecule has 0 aliphatic carbocycles. The van der Waals surface area contributed by atoms with Crippen LogP contribution in [0.15, 0.2) is 53.5 Å². The maximum absolute atomic E-state index is 13.0. The number of carbonyl (C=O) groups excluding carboxylic acids is 1. The Balaban J connectivity index is 2.01. The lowest BCUT2D eigenvalue weighted by atomic mass is 10.1. The van der Waals surface area contributed by atoms with Crippen molar-refractivity contribution in [3.05, 3.63) is 65.4 Å². The van der Waals surface area contributed by atoms with Crippen LogP contribution < -0.4 is 30.3 Å². The van der Waals surface area contributed by atoms with Crippen LogP contribution in [0.4, 0.5) is 5.69 Å². The van der Waals surface area contributed by atoms with Gasteiger partial charge in [-0.1, -0.05) is 24.8 Å². The average Bonchev–Trinajstić information content (AvgIpc) is 3.21. The summed E-state index contributed by atoms with van der Waals surface area (Å²) < 4.78 is 21.9. The SMILES string of the molecule is C=C/C=c1/nc(-c2ccccc2NC(=O)c2cc(OC)c(OC)c(OC)c2)o/c1=C/C. The van der Waals surface area contributed by atoms with Crippen molar-refractivity contribution in [1.29, 1.82) is 0 Å². The summed E-state index contributed by atoms with van der Waals surface area (Å²) in [5, 5.41) is 3.58. The predicted molar refractivity (Wildman–Crippen MR) is 120 cm³/mol. The van der Waals surface area contributed by atoms with Crippen molar-refractivity contribution < 1.29 is 23.4 Å². The third-order valence-corrected chi connectivity index (χ3v) is 4.55. The molecule has 160 valence electrons. The Morgan fingerprint density at radius 2 is 1.77 bits per heavy atom. The van der Waals surface area contributed by atoms with Crippen LogP contribution in [0.5, 0.6) is 17.2 Å². The fourth-order valence-electron chi connectivity index (χ4n) is 3.08. The third kappa shape index (κ3) is 4.45. The van der Waals surface area contributed by atoms with E-state index in [9.17, 15) is 4.79 Å². The van der Waals surface area contributed by atoms with Gasteiger partial charge in [0.25, 0.3) is 5.91 Å². The first-order valence-electron chi connectivity index (χ1n) is 9.53. The number of carbonyl (C=O) groups is 1. The summed E-state index contributed by atoms with van der Waals surface area (Å²) in [6.45, 7) is 5.57. The normalized spacial score (nSPS) is 11.9. The Kier molecular flexibility index (Phi) is 6.77. The molecule has 0 saturated heterocycles. The van der Waals surface area contributed by atoms with Crippen molar-refractivity contribution >= 4 is 23.7 Å². The zero-order chi connectivity index (χ0) is 22.4. The topological polar surface area (TPSA) is 82.8 Å². The molecule has 0 spiro atoms. The van der Waals surface area contributed by atoms with Crippen LogP contribution in [0.2, 0.25) is 0 Å². The van der Waals surface area contributed by atoms with Crippen LogP contribution in [0.1, 0.15) is 17.3 Å². The van der Waals surface area contributed by atoms with Crippen molar-refractivity contribution in [2.45, 2.75) is 6.92 Å². The minimum absolute atomic E-state index is 0.347. The Morgan fingerprint density at radius 3 is 2.35 bits per heavy atom. The fourth-order valence-corrected chi connectivity index (χ4v) is 3.08. The molecule has 0 aliphatic rings. The molecule has 1 aromatic heterocycles. The van der Waals surface area contributed by atoms with Gasteiger partial charge in [-0.25, -0.2) is 4.98 Å². The molecule has 0 aliphatic heterocycles. The first-order chi connectivity index (χ1) is 15.1. The molecule has 1 amide bonds. The van der Waals surface area contributed by atoms with Crippen LogP contribution >= 0.6 is 0 Å². The fraction of sp³-hybridized carbons (Fsp3) is 0.167. The number of oxazole rings is 1. The number of amides is 1. The first kappa shape index (κ1) is 21.7. The van der Waals surface area contributed by atoms with E-state index in [0.717, 1.165) is 0 Å². The van der Waals surface area contributed by atoms with Gasteiger partial charge in [-0.05, 0) is 43.3 Å². The predicted octanol–water partition coefficient (Wildman–Crippen LogP) is 3.39. The van der Waals surface area contributed by atoms with Crippen molar-refractivity contribution in [2.75, 3.05) is 26.6 Å². The van der Waals surface area contributed by atoms with Gasteiger partial charge in [-0.2, -0.15) is 0 Å². The molecule has 1 heterocycles. The summed E-state index contributed by atoms with van der Waals surface area (Å²) in [7, 11) is 4.50.